The molecule has 7 aliphatic rings. The highest BCUT2D eigenvalue weighted by Gasteiger charge is 2.75. The Morgan fingerprint density at radius 3 is 2.08 bits per heavy atom. The van der Waals surface area contributed by atoms with E-state index in [9.17, 15) is 9.59 Å². The van der Waals surface area contributed by atoms with E-state index < -0.39 is 0 Å². The maximum atomic E-state index is 12.0. The zero-order chi connectivity index (χ0) is 25.0. The third kappa shape index (κ3) is 3.81. The summed E-state index contributed by atoms with van der Waals surface area (Å²) in [6, 6.07) is 0. The van der Waals surface area contributed by atoms with Crippen molar-refractivity contribution < 1.29 is 23.8 Å². The van der Waals surface area contributed by atoms with Gasteiger partial charge in [0.05, 0.1) is 24.4 Å². The van der Waals surface area contributed by atoms with Crippen molar-refractivity contribution in [2.75, 3.05) is 13.2 Å². The Labute approximate surface area is 218 Å². The molecular weight excluding hydrogens is 452 g/mol. The van der Waals surface area contributed by atoms with Gasteiger partial charge in [0.25, 0.3) is 0 Å². The minimum Gasteiger partial charge on any atom is -0.370 e. The van der Waals surface area contributed by atoms with Gasteiger partial charge >= 0.3 is 0 Å². The van der Waals surface area contributed by atoms with E-state index >= 15 is 0 Å². The van der Waals surface area contributed by atoms with Crippen LogP contribution in [0.25, 0.3) is 0 Å². The van der Waals surface area contributed by atoms with Crippen LogP contribution in [0.4, 0.5) is 0 Å². The van der Waals surface area contributed by atoms with Crippen LogP contribution in [0, 0.1) is 34.5 Å². The molecule has 36 heavy (non-hydrogen) atoms. The number of carbonyl (C=O) groups excluding carboxylic acids is 2. The Bertz CT molecular complexity index is 975. The lowest BCUT2D eigenvalue weighted by Crippen LogP contribution is -2.53. The number of hydrogen-bond donors (Lipinski definition) is 0. The van der Waals surface area contributed by atoms with Crippen LogP contribution in [0.2, 0.25) is 0 Å². The monoisotopic (exact) mass is 500 g/mol. The molecule has 3 aliphatic heterocycles. The minimum atomic E-state index is -0.108. The topological polar surface area (TPSA) is 71.7 Å². The quantitative estimate of drug-likeness (QED) is 0.430. The van der Waals surface area contributed by atoms with E-state index in [4.69, 9.17) is 14.2 Å². The lowest BCUT2D eigenvalue weighted by Gasteiger charge is -2.50. The highest BCUT2D eigenvalue weighted by Crippen LogP contribution is 2.68. The summed E-state index contributed by atoms with van der Waals surface area (Å²) in [6.45, 7) is 15.5. The average molecular weight is 501 g/mol. The van der Waals surface area contributed by atoms with Gasteiger partial charge in [-0.05, 0) is 87.5 Å². The van der Waals surface area contributed by atoms with Crippen molar-refractivity contribution in [3.63, 3.8) is 0 Å². The largest absolute Gasteiger partial charge is 0.370 e. The molecule has 0 aromatic rings. The third-order valence-corrected chi connectivity index (χ3v) is 12.1. The molecule has 0 amide bonds. The van der Waals surface area contributed by atoms with Gasteiger partial charge in [-0.2, -0.15) is 0 Å². The van der Waals surface area contributed by atoms with E-state index in [2.05, 4.69) is 41.5 Å². The number of hydrogen-bond acceptors (Lipinski definition) is 5. The number of carbonyl (C=O) groups is 2. The van der Waals surface area contributed by atoms with Gasteiger partial charge in [0.2, 0.25) is 0 Å². The van der Waals surface area contributed by atoms with Crippen molar-refractivity contribution in [1.29, 1.82) is 0 Å². The highest BCUT2D eigenvalue weighted by atomic mass is 16.6. The molecule has 4 aliphatic carbocycles. The molecule has 3 saturated heterocycles. The fourth-order valence-corrected chi connectivity index (χ4v) is 8.48. The van der Waals surface area contributed by atoms with E-state index in [1.807, 2.05) is 6.08 Å². The number of rotatable bonds is 2. The van der Waals surface area contributed by atoms with Crippen LogP contribution in [0.1, 0.15) is 100 Å². The molecule has 0 radical (unpaired) electrons. The van der Waals surface area contributed by atoms with Crippen molar-refractivity contribution in [3.05, 3.63) is 11.6 Å². The summed E-state index contributed by atoms with van der Waals surface area (Å²) < 4.78 is 17.2. The standard InChI is InChI=1S/C15H22O3.C15H22O2.CH4/c1-9-6-11(16)12-15(18-12)5-4-10(7-13(9,15)2)14(3)8-17-14;1-10-6-13(16)7-11-4-5-12(8-14(10,11)2)15(3)9-17-15;/h9-10,12H,4-8H2,1-3H3;7,10,12H,4-6,8-9H2,1-3H3;1H4/t9-,10?,12?,13+,14?,15?;10-,12?,14+,15?;/m11./s1. The second kappa shape index (κ2) is 8.23. The highest BCUT2D eigenvalue weighted by molar-refractivity contribution is 5.92. The van der Waals surface area contributed by atoms with E-state index in [-0.39, 0.29) is 41.2 Å². The van der Waals surface area contributed by atoms with E-state index in [0.29, 0.717) is 41.7 Å². The molecule has 0 N–H and O–H groups in total. The average Bonchev–Trinajstić information content (AvgIpc) is 3.70. The third-order valence-electron chi connectivity index (χ3n) is 12.1. The van der Waals surface area contributed by atoms with Gasteiger partial charge < -0.3 is 14.2 Å². The number of fused-ring (bicyclic) bond motifs is 1. The van der Waals surface area contributed by atoms with Crippen molar-refractivity contribution >= 4 is 11.6 Å². The van der Waals surface area contributed by atoms with Crippen molar-refractivity contribution in [2.24, 2.45) is 34.5 Å². The summed E-state index contributed by atoms with van der Waals surface area (Å²) in [6.07, 6.45) is 10.1. The molecule has 5 heteroatoms. The summed E-state index contributed by atoms with van der Waals surface area (Å²) in [5.74, 6) is 2.92. The first-order chi connectivity index (χ1) is 16.4. The van der Waals surface area contributed by atoms with Crippen LogP contribution in [0.3, 0.4) is 0 Å². The summed E-state index contributed by atoms with van der Waals surface area (Å²) in [7, 11) is 0. The van der Waals surface area contributed by atoms with Crippen LogP contribution < -0.4 is 0 Å². The van der Waals surface area contributed by atoms with E-state index in [1.165, 1.54) is 18.4 Å². The fourth-order valence-electron chi connectivity index (χ4n) is 8.48. The van der Waals surface area contributed by atoms with Crippen molar-refractivity contribution in [1.82, 2.24) is 0 Å². The lowest BCUT2D eigenvalue weighted by atomic mass is 9.52. The number of ketones is 2. The molecule has 1 spiro atoms. The van der Waals surface area contributed by atoms with E-state index in [1.54, 1.807) is 0 Å². The number of ether oxygens (including phenoxy) is 3. The number of allylic oxidation sites excluding steroid dienone is 2. The molecular formula is C31H48O5. The lowest BCUT2D eigenvalue weighted by molar-refractivity contribution is -0.125. The van der Waals surface area contributed by atoms with Gasteiger partial charge in [-0.3, -0.25) is 9.59 Å². The number of Topliss-reactive ketones (excluding diaryl/α,β-unsaturated/α-hetero) is 1. The predicted octanol–water partition coefficient (Wildman–Crippen LogP) is 6.08. The van der Waals surface area contributed by atoms with Gasteiger partial charge in [-0.25, -0.2) is 0 Å². The molecule has 0 bridgehead atoms. The smallest absolute Gasteiger partial charge is 0.164 e. The first kappa shape index (κ1) is 26.6. The second-order valence-corrected chi connectivity index (χ2v) is 14.1. The number of epoxide rings is 3. The molecule has 6 unspecified atom stereocenters. The normalized spacial score (nSPS) is 54.4. The Kier molecular flexibility index (Phi) is 6.07. The molecule has 0 aromatic carbocycles. The zero-order valence-corrected chi connectivity index (χ0v) is 22.6. The van der Waals surface area contributed by atoms with Gasteiger partial charge in [0.15, 0.2) is 11.6 Å². The van der Waals surface area contributed by atoms with Crippen LogP contribution in [-0.4, -0.2) is 47.7 Å². The molecule has 10 atom stereocenters. The van der Waals surface area contributed by atoms with Gasteiger partial charge in [-0.1, -0.05) is 40.7 Å². The van der Waals surface area contributed by atoms with Crippen LogP contribution >= 0.6 is 0 Å². The van der Waals surface area contributed by atoms with Crippen LogP contribution in [-0.2, 0) is 23.8 Å². The molecule has 5 nitrogen and oxygen atoms in total. The summed E-state index contributed by atoms with van der Waals surface area (Å²) in [4.78, 5) is 23.6. The summed E-state index contributed by atoms with van der Waals surface area (Å²) in [5, 5.41) is 0. The summed E-state index contributed by atoms with van der Waals surface area (Å²) in [5.41, 5.74) is 1.98. The van der Waals surface area contributed by atoms with Crippen LogP contribution in [0.5, 0.6) is 0 Å². The molecule has 202 valence electrons. The maximum Gasteiger partial charge on any atom is 0.164 e. The molecule has 0 aromatic heterocycles. The molecule has 3 heterocycles. The van der Waals surface area contributed by atoms with Gasteiger partial charge in [-0.15, -0.1) is 0 Å². The Balaban J connectivity index is 0.000000144. The Morgan fingerprint density at radius 1 is 0.861 bits per heavy atom. The second-order valence-electron chi connectivity index (χ2n) is 14.1. The Morgan fingerprint density at radius 2 is 1.47 bits per heavy atom. The zero-order valence-electron chi connectivity index (χ0n) is 22.6. The molecule has 6 fully saturated rings. The Hall–Kier alpha value is -1.04. The van der Waals surface area contributed by atoms with Crippen molar-refractivity contribution in [2.45, 2.75) is 123 Å². The maximum absolute atomic E-state index is 12.0. The van der Waals surface area contributed by atoms with Crippen LogP contribution in [0.15, 0.2) is 11.6 Å². The van der Waals surface area contributed by atoms with Gasteiger partial charge in [0.1, 0.15) is 11.7 Å². The van der Waals surface area contributed by atoms with Crippen molar-refractivity contribution in [3.8, 4) is 0 Å². The SMILES string of the molecule is C.C[C@@H]1CC(=O)C2OC23CCC(C2(C)CO2)C[C@@]13C.C[C@@H]1CC(=O)C=C2CCC(C3(C)CO3)C[C@]21C. The summed E-state index contributed by atoms with van der Waals surface area (Å²) >= 11 is 0. The first-order valence-electron chi connectivity index (χ1n) is 14.1. The molecule has 3 saturated carbocycles. The predicted molar refractivity (Wildman–Crippen MR) is 140 cm³/mol. The first-order valence-corrected chi connectivity index (χ1v) is 14.1. The van der Waals surface area contributed by atoms with Gasteiger partial charge in [0, 0.05) is 18.3 Å². The fraction of sp³-hybridized carbons (Fsp3) is 0.871. The molecule has 7 rings (SSSR count). The minimum absolute atomic E-state index is 0. The van der Waals surface area contributed by atoms with E-state index in [0.717, 1.165) is 45.3 Å².